The maximum absolute atomic E-state index is 13.6. The zero-order chi connectivity index (χ0) is 23.6. The van der Waals surface area contributed by atoms with Crippen molar-refractivity contribution in [2.75, 3.05) is 0 Å². The molecule has 1 N–H and O–H groups in total. The highest BCUT2D eigenvalue weighted by Gasteiger charge is 2.31. The molecule has 3 rings (SSSR count). The fourth-order valence-electron chi connectivity index (χ4n) is 3.68. The van der Waals surface area contributed by atoms with E-state index in [1.165, 1.54) is 0 Å². The van der Waals surface area contributed by atoms with E-state index in [1.807, 2.05) is 92.7 Å². The molecule has 0 unspecified atom stereocenters. The minimum Gasteiger partial charge on any atom is -0.352 e. The number of halogens is 1. The van der Waals surface area contributed by atoms with Crippen LogP contribution < -0.4 is 5.32 Å². The number of hydrogen-bond donors (Lipinski definition) is 1. The minimum absolute atomic E-state index is 0.0213. The van der Waals surface area contributed by atoms with Gasteiger partial charge in [-0.2, -0.15) is 0 Å². The molecule has 2 atom stereocenters. The lowest BCUT2D eigenvalue weighted by Gasteiger charge is -2.32. The Bertz CT molecular complexity index is 1040. The third-order valence-corrected chi connectivity index (χ3v) is 6.14. The summed E-state index contributed by atoms with van der Waals surface area (Å²) in [5, 5.41) is 3.64. The monoisotopic (exact) mass is 462 g/mol. The van der Waals surface area contributed by atoms with E-state index in [4.69, 9.17) is 11.6 Å². The van der Waals surface area contributed by atoms with Crippen LogP contribution in [-0.2, 0) is 29.0 Å². The van der Waals surface area contributed by atoms with Crippen LogP contribution in [0.2, 0.25) is 5.02 Å². The summed E-state index contributed by atoms with van der Waals surface area (Å²) in [5.74, 6) is -0.274. The molecule has 4 nitrogen and oxygen atoms in total. The second-order valence-electron chi connectivity index (χ2n) is 8.30. The van der Waals surface area contributed by atoms with Crippen molar-refractivity contribution in [1.29, 1.82) is 0 Å². The van der Waals surface area contributed by atoms with E-state index in [1.54, 1.807) is 11.0 Å². The highest BCUT2D eigenvalue weighted by molar-refractivity contribution is 6.31. The van der Waals surface area contributed by atoms with Gasteiger partial charge in [-0.05, 0) is 36.1 Å². The first-order valence-electron chi connectivity index (χ1n) is 11.4. The molecule has 0 aromatic heterocycles. The lowest BCUT2D eigenvalue weighted by atomic mass is 10.0. The first-order chi connectivity index (χ1) is 16.0. The first kappa shape index (κ1) is 24.5. The summed E-state index contributed by atoms with van der Waals surface area (Å²) in [6.45, 7) is 4.35. The molecule has 2 amide bonds. The molecule has 172 valence electrons. The fraction of sp³-hybridized carbons (Fsp3) is 0.286. The summed E-state index contributed by atoms with van der Waals surface area (Å²) in [6, 6.07) is 26.3. The van der Waals surface area contributed by atoms with E-state index < -0.39 is 6.04 Å². The number of rotatable bonds is 10. The average molecular weight is 463 g/mol. The smallest absolute Gasteiger partial charge is 0.243 e. The van der Waals surface area contributed by atoms with Gasteiger partial charge in [-0.15, -0.1) is 0 Å². The molecule has 0 fully saturated rings. The van der Waals surface area contributed by atoms with Gasteiger partial charge in [0.15, 0.2) is 0 Å². The predicted octanol–water partition coefficient (Wildman–Crippen LogP) is 5.44. The van der Waals surface area contributed by atoms with Crippen molar-refractivity contribution in [2.24, 2.45) is 0 Å². The van der Waals surface area contributed by atoms with Crippen LogP contribution in [-0.4, -0.2) is 28.8 Å². The van der Waals surface area contributed by atoms with Crippen LogP contribution >= 0.6 is 11.6 Å². The van der Waals surface area contributed by atoms with Gasteiger partial charge < -0.3 is 10.2 Å². The van der Waals surface area contributed by atoms with Crippen molar-refractivity contribution in [3.8, 4) is 0 Å². The Morgan fingerprint density at radius 3 is 2.06 bits per heavy atom. The summed E-state index contributed by atoms with van der Waals surface area (Å²) in [4.78, 5) is 28.8. The van der Waals surface area contributed by atoms with Crippen LogP contribution in [0.25, 0.3) is 0 Å². The third kappa shape index (κ3) is 7.19. The molecular formula is C28H31ClN2O2. The number of amides is 2. The Balaban J connectivity index is 1.96. The number of benzene rings is 3. The van der Waals surface area contributed by atoms with Gasteiger partial charge in [0, 0.05) is 24.0 Å². The Morgan fingerprint density at radius 2 is 1.45 bits per heavy atom. The van der Waals surface area contributed by atoms with E-state index in [0.717, 1.165) is 23.1 Å². The van der Waals surface area contributed by atoms with Crippen LogP contribution in [0.4, 0.5) is 0 Å². The van der Waals surface area contributed by atoms with Crippen molar-refractivity contribution in [1.82, 2.24) is 10.2 Å². The van der Waals surface area contributed by atoms with Crippen LogP contribution in [0.5, 0.6) is 0 Å². The molecular weight excluding hydrogens is 432 g/mol. The van der Waals surface area contributed by atoms with Crippen LogP contribution in [0.15, 0.2) is 84.9 Å². The number of carbonyl (C=O) groups excluding carboxylic acids is 2. The second-order valence-corrected chi connectivity index (χ2v) is 8.71. The van der Waals surface area contributed by atoms with Crippen molar-refractivity contribution < 1.29 is 9.59 Å². The normalized spacial score (nSPS) is 12.6. The SMILES string of the molecule is CC[C@@H](C)NC(=O)[C@H](Cc1ccccc1)N(Cc1ccccc1)C(=O)Cc1ccccc1Cl. The topological polar surface area (TPSA) is 49.4 Å². The Hall–Kier alpha value is -3.11. The largest absolute Gasteiger partial charge is 0.352 e. The average Bonchev–Trinajstić information content (AvgIpc) is 2.83. The first-order valence-corrected chi connectivity index (χ1v) is 11.8. The summed E-state index contributed by atoms with van der Waals surface area (Å²) in [7, 11) is 0. The Kier molecular flexibility index (Phi) is 9.08. The maximum Gasteiger partial charge on any atom is 0.243 e. The molecule has 0 heterocycles. The molecule has 0 aliphatic carbocycles. The number of nitrogens with zero attached hydrogens (tertiary/aromatic N) is 1. The zero-order valence-corrected chi connectivity index (χ0v) is 20.0. The van der Waals surface area contributed by atoms with Gasteiger partial charge in [0.2, 0.25) is 11.8 Å². The van der Waals surface area contributed by atoms with Crippen LogP contribution in [0.3, 0.4) is 0 Å². The van der Waals surface area contributed by atoms with Crippen LogP contribution in [0.1, 0.15) is 37.0 Å². The molecule has 5 heteroatoms. The van der Waals surface area contributed by atoms with E-state index in [-0.39, 0.29) is 24.3 Å². The summed E-state index contributed by atoms with van der Waals surface area (Å²) in [6.07, 6.45) is 1.38. The molecule has 33 heavy (non-hydrogen) atoms. The quantitative estimate of drug-likeness (QED) is 0.436. The third-order valence-electron chi connectivity index (χ3n) is 5.77. The van der Waals surface area contributed by atoms with Crippen LogP contribution in [0, 0.1) is 0 Å². The number of hydrogen-bond acceptors (Lipinski definition) is 2. The Labute approximate surface area is 201 Å². The van der Waals surface area contributed by atoms with Gasteiger partial charge in [-0.25, -0.2) is 0 Å². The van der Waals surface area contributed by atoms with Crippen molar-refractivity contribution >= 4 is 23.4 Å². The lowest BCUT2D eigenvalue weighted by Crippen LogP contribution is -2.52. The lowest BCUT2D eigenvalue weighted by molar-refractivity contribution is -0.141. The van der Waals surface area contributed by atoms with E-state index >= 15 is 0 Å². The van der Waals surface area contributed by atoms with Gasteiger partial charge in [-0.3, -0.25) is 9.59 Å². The van der Waals surface area contributed by atoms with Gasteiger partial charge >= 0.3 is 0 Å². The van der Waals surface area contributed by atoms with Gasteiger partial charge in [0.1, 0.15) is 6.04 Å². The minimum atomic E-state index is -0.642. The van der Waals surface area contributed by atoms with Crippen molar-refractivity contribution in [3.63, 3.8) is 0 Å². The predicted molar refractivity (Wildman–Crippen MR) is 134 cm³/mol. The fourth-order valence-corrected chi connectivity index (χ4v) is 3.88. The van der Waals surface area contributed by atoms with Gasteiger partial charge in [-0.1, -0.05) is 97.4 Å². The molecule has 0 saturated heterocycles. The molecule has 3 aromatic carbocycles. The van der Waals surface area contributed by atoms with E-state index in [9.17, 15) is 9.59 Å². The summed E-state index contributed by atoms with van der Waals surface area (Å²) in [5.41, 5.74) is 2.73. The maximum atomic E-state index is 13.6. The van der Waals surface area contributed by atoms with Crippen molar-refractivity contribution in [2.45, 2.75) is 51.7 Å². The summed E-state index contributed by atoms with van der Waals surface area (Å²) < 4.78 is 0. The number of nitrogens with one attached hydrogen (secondary N) is 1. The summed E-state index contributed by atoms with van der Waals surface area (Å²) >= 11 is 6.34. The molecule has 0 radical (unpaired) electrons. The van der Waals surface area contributed by atoms with E-state index in [0.29, 0.717) is 18.0 Å². The van der Waals surface area contributed by atoms with Gasteiger partial charge in [0.25, 0.3) is 0 Å². The molecule has 0 saturated carbocycles. The highest BCUT2D eigenvalue weighted by Crippen LogP contribution is 2.20. The zero-order valence-electron chi connectivity index (χ0n) is 19.2. The Morgan fingerprint density at radius 1 is 0.879 bits per heavy atom. The second kappa shape index (κ2) is 12.2. The molecule has 0 aliphatic rings. The molecule has 0 spiro atoms. The number of carbonyl (C=O) groups is 2. The molecule has 0 bridgehead atoms. The van der Waals surface area contributed by atoms with Gasteiger partial charge in [0.05, 0.1) is 6.42 Å². The highest BCUT2D eigenvalue weighted by atomic mass is 35.5. The molecule has 3 aromatic rings. The van der Waals surface area contributed by atoms with Crippen molar-refractivity contribution in [3.05, 3.63) is 107 Å². The van der Waals surface area contributed by atoms with E-state index in [2.05, 4.69) is 5.32 Å². The molecule has 0 aliphatic heterocycles. The standard InChI is InChI=1S/C28H31ClN2O2/c1-3-21(2)30-28(33)26(18-22-12-6-4-7-13-22)31(20-23-14-8-5-9-15-23)27(32)19-24-16-10-11-17-25(24)29/h4-17,21,26H,3,18-20H2,1-2H3,(H,30,33)/t21-,26+/m1/s1.